The minimum absolute atomic E-state index is 0.141. The SMILES string of the molecule is CC1(C)CC(N2C(=O)N=NC2=O)CC(C)(CN2C(=O)N=NC2=O)C1. The first-order valence-corrected chi connectivity index (χ1v) is 7.66. The van der Waals surface area contributed by atoms with Crippen molar-refractivity contribution in [3.8, 4) is 0 Å². The fourth-order valence-electron chi connectivity index (χ4n) is 4.25. The van der Waals surface area contributed by atoms with Crippen molar-refractivity contribution in [2.75, 3.05) is 6.54 Å². The van der Waals surface area contributed by atoms with Crippen molar-refractivity contribution in [1.29, 1.82) is 0 Å². The van der Waals surface area contributed by atoms with Gasteiger partial charge in [-0.3, -0.25) is 0 Å². The van der Waals surface area contributed by atoms with Crippen LogP contribution in [-0.4, -0.2) is 46.5 Å². The Morgan fingerprint density at radius 1 is 0.875 bits per heavy atom. The van der Waals surface area contributed by atoms with Gasteiger partial charge in [0.25, 0.3) is 0 Å². The summed E-state index contributed by atoms with van der Waals surface area (Å²) in [5, 5.41) is 13.2. The van der Waals surface area contributed by atoms with Gasteiger partial charge in [-0.1, -0.05) is 41.2 Å². The molecule has 0 saturated heterocycles. The summed E-state index contributed by atoms with van der Waals surface area (Å²) >= 11 is 0. The first-order valence-electron chi connectivity index (χ1n) is 7.66. The smallest absolute Gasteiger partial charge is 0.244 e. The van der Waals surface area contributed by atoms with Gasteiger partial charge in [-0.05, 0) is 30.1 Å². The van der Waals surface area contributed by atoms with Gasteiger partial charge in [-0.15, -0.1) is 0 Å². The fraction of sp³-hybridized carbons (Fsp3) is 0.714. The van der Waals surface area contributed by atoms with E-state index in [-0.39, 0.29) is 18.0 Å². The summed E-state index contributed by atoms with van der Waals surface area (Å²) in [5.41, 5.74) is -0.669. The molecule has 10 heteroatoms. The zero-order valence-electron chi connectivity index (χ0n) is 13.7. The fourth-order valence-corrected chi connectivity index (χ4v) is 4.25. The van der Waals surface area contributed by atoms with Crippen LogP contribution in [0.4, 0.5) is 19.2 Å². The summed E-state index contributed by atoms with van der Waals surface area (Å²) in [6, 6.07) is -3.07. The van der Waals surface area contributed by atoms with Crippen LogP contribution in [0.25, 0.3) is 0 Å². The maximum absolute atomic E-state index is 11.9. The standard InChI is InChI=1S/C14H18N6O4/c1-13(2)4-8(20-11(23)17-18-12(20)24)5-14(3,6-13)7-19-9(21)15-16-10(19)22/h8H,4-7H2,1-3H3. The molecule has 0 spiro atoms. The molecule has 0 radical (unpaired) electrons. The van der Waals surface area contributed by atoms with Crippen molar-refractivity contribution in [3.63, 3.8) is 0 Å². The van der Waals surface area contributed by atoms with Gasteiger partial charge in [-0.2, -0.15) is 0 Å². The number of azo groups is 2. The van der Waals surface area contributed by atoms with Gasteiger partial charge >= 0.3 is 24.1 Å². The molecule has 2 aliphatic heterocycles. The number of imide groups is 2. The second-order valence-corrected chi connectivity index (χ2v) is 7.70. The van der Waals surface area contributed by atoms with Crippen LogP contribution < -0.4 is 0 Å². The van der Waals surface area contributed by atoms with Gasteiger partial charge in [0.1, 0.15) is 0 Å². The van der Waals surface area contributed by atoms with Crippen LogP contribution in [-0.2, 0) is 0 Å². The Balaban J connectivity index is 1.83. The summed E-state index contributed by atoms with van der Waals surface area (Å²) in [6.07, 6.45) is 1.79. The van der Waals surface area contributed by atoms with E-state index in [0.29, 0.717) is 12.8 Å². The molecule has 10 nitrogen and oxygen atoms in total. The Bertz CT molecular complexity index is 663. The molecule has 3 rings (SSSR count). The summed E-state index contributed by atoms with van der Waals surface area (Å²) in [7, 11) is 0. The number of carbonyl (C=O) groups is 4. The highest BCUT2D eigenvalue weighted by atomic mass is 16.2. The topological polar surface area (TPSA) is 124 Å². The minimum Gasteiger partial charge on any atom is -0.244 e. The molecule has 0 N–H and O–H groups in total. The first-order chi connectivity index (χ1) is 11.1. The third-order valence-corrected chi connectivity index (χ3v) is 4.64. The maximum atomic E-state index is 11.9. The van der Waals surface area contributed by atoms with E-state index in [1.807, 2.05) is 20.8 Å². The number of nitrogens with zero attached hydrogens (tertiary/aromatic N) is 6. The summed E-state index contributed by atoms with van der Waals surface area (Å²) < 4.78 is 0. The highest BCUT2D eigenvalue weighted by Gasteiger charge is 2.49. The highest BCUT2D eigenvalue weighted by molar-refractivity contribution is 5.99. The third kappa shape index (κ3) is 2.83. The minimum atomic E-state index is -0.681. The lowest BCUT2D eigenvalue weighted by atomic mass is 9.62. The van der Waals surface area contributed by atoms with Gasteiger partial charge in [0, 0.05) is 12.6 Å². The van der Waals surface area contributed by atoms with Crippen LogP contribution in [0.3, 0.4) is 0 Å². The molecule has 24 heavy (non-hydrogen) atoms. The van der Waals surface area contributed by atoms with E-state index < -0.39 is 29.5 Å². The van der Waals surface area contributed by atoms with E-state index in [9.17, 15) is 19.2 Å². The lowest BCUT2D eigenvalue weighted by molar-refractivity contribution is 0.0333. The monoisotopic (exact) mass is 334 g/mol. The molecule has 0 aromatic rings. The molecule has 8 amide bonds. The van der Waals surface area contributed by atoms with E-state index in [0.717, 1.165) is 16.2 Å². The van der Waals surface area contributed by atoms with Gasteiger partial charge in [0.05, 0.1) is 0 Å². The van der Waals surface area contributed by atoms with E-state index in [1.54, 1.807) is 0 Å². The molecule has 3 aliphatic rings. The van der Waals surface area contributed by atoms with Crippen LogP contribution in [0, 0.1) is 10.8 Å². The number of urea groups is 4. The van der Waals surface area contributed by atoms with Crippen molar-refractivity contribution in [2.45, 2.75) is 46.1 Å². The van der Waals surface area contributed by atoms with Gasteiger partial charge in [0.15, 0.2) is 0 Å². The van der Waals surface area contributed by atoms with Crippen molar-refractivity contribution in [2.24, 2.45) is 31.3 Å². The van der Waals surface area contributed by atoms with Crippen molar-refractivity contribution in [3.05, 3.63) is 0 Å². The number of hydrogen-bond acceptors (Lipinski definition) is 4. The van der Waals surface area contributed by atoms with Crippen LogP contribution in [0.15, 0.2) is 20.5 Å². The molecule has 2 heterocycles. The molecular weight excluding hydrogens is 316 g/mol. The zero-order chi connectivity index (χ0) is 17.7. The normalized spacial score (nSPS) is 32.4. The Morgan fingerprint density at radius 3 is 1.92 bits per heavy atom. The number of carbonyl (C=O) groups excluding carboxylic acids is 4. The van der Waals surface area contributed by atoms with Crippen LogP contribution in [0.1, 0.15) is 40.0 Å². The molecule has 0 aromatic heterocycles. The highest BCUT2D eigenvalue weighted by Crippen LogP contribution is 2.48. The number of rotatable bonds is 3. The molecule has 1 saturated carbocycles. The third-order valence-electron chi connectivity index (χ3n) is 4.64. The molecule has 0 aromatic carbocycles. The molecule has 0 bridgehead atoms. The largest absolute Gasteiger partial charge is 0.370 e. The summed E-state index contributed by atoms with van der Waals surface area (Å²) in [5.74, 6) is 0. The second-order valence-electron chi connectivity index (χ2n) is 7.70. The predicted molar refractivity (Wildman–Crippen MR) is 79.4 cm³/mol. The summed E-state index contributed by atoms with van der Waals surface area (Å²) in [6.45, 7) is 6.12. The summed E-state index contributed by atoms with van der Waals surface area (Å²) in [4.78, 5) is 49.2. The second kappa shape index (κ2) is 5.25. The Labute approximate surface area is 138 Å². The van der Waals surface area contributed by atoms with Crippen molar-refractivity contribution in [1.82, 2.24) is 9.80 Å². The molecule has 1 fully saturated rings. The lowest BCUT2D eigenvalue weighted by Crippen LogP contribution is -2.52. The lowest BCUT2D eigenvalue weighted by Gasteiger charge is -2.48. The Morgan fingerprint density at radius 2 is 1.38 bits per heavy atom. The first kappa shape index (κ1) is 16.3. The van der Waals surface area contributed by atoms with Crippen LogP contribution >= 0.6 is 0 Å². The van der Waals surface area contributed by atoms with Gasteiger partial charge in [0.2, 0.25) is 0 Å². The quantitative estimate of drug-likeness (QED) is 0.782. The van der Waals surface area contributed by atoms with E-state index in [4.69, 9.17) is 0 Å². The van der Waals surface area contributed by atoms with E-state index in [1.165, 1.54) is 0 Å². The number of amides is 8. The van der Waals surface area contributed by atoms with Crippen LogP contribution in [0.2, 0.25) is 0 Å². The van der Waals surface area contributed by atoms with Gasteiger partial charge in [-0.25, -0.2) is 29.0 Å². The van der Waals surface area contributed by atoms with Crippen molar-refractivity contribution < 1.29 is 19.2 Å². The molecule has 1 aliphatic carbocycles. The van der Waals surface area contributed by atoms with Crippen molar-refractivity contribution >= 4 is 24.1 Å². The van der Waals surface area contributed by atoms with Gasteiger partial charge < -0.3 is 0 Å². The van der Waals surface area contributed by atoms with Crippen LogP contribution in [0.5, 0.6) is 0 Å². The molecule has 2 atom stereocenters. The van der Waals surface area contributed by atoms with E-state index in [2.05, 4.69) is 20.5 Å². The molecular formula is C14H18N6O4. The maximum Gasteiger partial charge on any atom is 0.370 e. The average Bonchev–Trinajstić information content (AvgIpc) is 2.93. The Hall–Kier alpha value is -2.52. The van der Waals surface area contributed by atoms with E-state index >= 15 is 0 Å². The molecule has 128 valence electrons. The zero-order valence-corrected chi connectivity index (χ0v) is 13.7. The average molecular weight is 334 g/mol. The molecule has 2 unspecified atom stereocenters. The predicted octanol–water partition coefficient (Wildman–Crippen LogP) is 3.59. The Kier molecular flexibility index (Phi) is 3.57. The number of hydrogen-bond donors (Lipinski definition) is 0.